The Balaban J connectivity index is 1.25. The fourth-order valence-electron chi connectivity index (χ4n) is 5.43. The molecule has 208 valence electrons. The molecule has 6 aromatic rings. The Morgan fingerprint density at radius 3 is 2.02 bits per heavy atom. The summed E-state index contributed by atoms with van der Waals surface area (Å²) < 4.78 is 13.7. The quantitative estimate of drug-likeness (QED) is 0.181. The van der Waals surface area contributed by atoms with Gasteiger partial charge in [-0.05, 0) is 49.8 Å². The van der Waals surface area contributed by atoms with E-state index in [2.05, 4.69) is 73.6 Å². The van der Waals surface area contributed by atoms with E-state index in [1.165, 1.54) is 55.1 Å². The van der Waals surface area contributed by atoms with Gasteiger partial charge in [-0.15, -0.1) is 45.3 Å². The van der Waals surface area contributed by atoms with Crippen LogP contribution in [-0.4, -0.2) is 19.7 Å². The Morgan fingerprint density at radius 1 is 0.791 bits per heavy atom. The van der Waals surface area contributed by atoms with Gasteiger partial charge in [0.25, 0.3) is 0 Å². The van der Waals surface area contributed by atoms with E-state index in [1.54, 1.807) is 11.3 Å². The Kier molecular flexibility index (Phi) is 6.43. The van der Waals surface area contributed by atoms with Crippen molar-refractivity contribution >= 4 is 96.1 Å². The highest BCUT2D eigenvalue weighted by Gasteiger charge is 2.38. The van der Waals surface area contributed by atoms with E-state index >= 15 is 0 Å². The lowest BCUT2D eigenvalue weighted by molar-refractivity contribution is 0.0954. The first-order valence-corrected chi connectivity index (χ1v) is 16.6. The zero-order valence-corrected chi connectivity index (χ0v) is 26.9. The minimum Gasteiger partial charge on any atom is -0.480 e. The number of allylic oxidation sites excluding steroid dienone is 2. The molecular formula is C34H22N4OS4. The summed E-state index contributed by atoms with van der Waals surface area (Å²) in [5, 5.41) is 31.1. The van der Waals surface area contributed by atoms with Crippen LogP contribution >= 0.6 is 45.3 Å². The van der Waals surface area contributed by atoms with Crippen molar-refractivity contribution < 1.29 is 4.74 Å². The Morgan fingerprint density at radius 2 is 1.42 bits per heavy atom. The van der Waals surface area contributed by atoms with Crippen molar-refractivity contribution in [2.45, 2.75) is 19.4 Å². The minimum atomic E-state index is -0.829. The van der Waals surface area contributed by atoms with Crippen LogP contribution in [0.2, 0.25) is 0 Å². The predicted molar refractivity (Wildman–Crippen MR) is 183 cm³/mol. The molecule has 9 heteroatoms. The number of thiophene rings is 4. The van der Waals surface area contributed by atoms with E-state index in [9.17, 15) is 15.8 Å². The molecule has 0 atom stereocenters. The molecule has 1 aliphatic heterocycles. The van der Waals surface area contributed by atoms with Gasteiger partial charge < -0.3 is 9.64 Å². The van der Waals surface area contributed by atoms with Crippen LogP contribution in [0.25, 0.3) is 55.5 Å². The summed E-state index contributed by atoms with van der Waals surface area (Å²) in [6.45, 7) is 3.68. The maximum atomic E-state index is 9.83. The lowest BCUT2D eigenvalue weighted by Crippen LogP contribution is -2.20. The number of benzene rings is 2. The number of anilines is 1. The van der Waals surface area contributed by atoms with Gasteiger partial charge in [-0.3, -0.25) is 0 Å². The monoisotopic (exact) mass is 630 g/mol. The SMILES string of the molecule is CN(C)c1ccc(-c2cc3sc4c(ccc5c6sc(/C=C/C7=C(C#N)C(=C(C#N)C#N)OC7(C)C)cc6sc54)c3s2)cc1. The van der Waals surface area contributed by atoms with Crippen LogP contribution in [0.4, 0.5) is 5.69 Å². The number of fused-ring (bicyclic) bond motifs is 7. The summed E-state index contributed by atoms with van der Waals surface area (Å²) in [6.07, 6.45) is 3.88. The molecule has 5 nitrogen and oxygen atoms in total. The minimum absolute atomic E-state index is 0.0598. The average molecular weight is 631 g/mol. The van der Waals surface area contributed by atoms with Crippen LogP contribution in [0.15, 0.2) is 77.1 Å². The number of rotatable bonds is 4. The number of hydrogen-bond acceptors (Lipinski definition) is 9. The van der Waals surface area contributed by atoms with Crippen LogP contribution in [-0.2, 0) is 4.74 Å². The van der Waals surface area contributed by atoms with Gasteiger partial charge in [0, 0.05) is 55.3 Å². The molecule has 0 N–H and O–H groups in total. The first kappa shape index (κ1) is 27.4. The lowest BCUT2D eigenvalue weighted by Gasteiger charge is -2.20. The van der Waals surface area contributed by atoms with E-state index in [-0.39, 0.29) is 16.9 Å². The van der Waals surface area contributed by atoms with Crippen molar-refractivity contribution in [1.82, 2.24) is 0 Å². The molecule has 0 aliphatic carbocycles. The third-order valence-corrected chi connectivity index (χ3v) is 12.7. The van der Waals surface area contributed by atoms with Crippen molar-refractivity contribution in [1.29, 1.82) is 15.8 Å². The fourth-order valence-corrected chi connectivity index (χ4v) is 10.7. The van der Waals surface area contributed by atoms with Gasteiger partial charge in [0.05, 0.1) is 18.8 Å². The second-order valence-electron chi connectivity index (χ2n) is 10.9. The van der Waals surface area contributed by atoms with Crippen molar-refractivity contribution in [3.8, 4) is 28.6 Å². The standard InChI is InChI=1S/C34H22N4OS4/c1-34(2)25(24(17-37)29(39-34)19(15-35)16-36)12-9-21-13-27-30(40-21)22-10-11-23-31-28(43-33(23)32(22)42-27)14-26(41-31)18-5-7-20(8-6-18)38(3)4/h5-14H,1-4H3/b12-9+. The highest BCUT2D eigenvalue weighted by Crippen LogP contribution is 2.50. The topological polar surface area (TPSA) is 83.8 Å². The van der Waals surface area contributed by atoms with Gasteiger partial charge in [-0.2, -0.15) is 15.8 Å². The zero-order valence-electron chi connectivity index (χ0n) is 23.6. The van der Waals surface area contributed by atoms with E-state index in [1.807, 2.05) is 72.1 Å². The third-order valence-electron chi connectivity index (χ3n) is 7.59. The van der Waals surface area contributed by atoms with E-state index in [0.717, 1.165) is 4.88 Å². The van der Waals surface area contributed by atoms with Crippen molar-refractivity contribution in [2.24, 2.45) is 0 Å². The van der Waals surface area contributed by atoms with Crippen LogP contribution < -0.4 is 4.90 Å². The molecule has 1 aliphatic rings. The second-order valence-corrected chi connectivity index (χ2v) is 15.1. The highest BCUT2D eigenvalue weighted by molar-refractivity contribution is 7.39. The van der Waals surface area contributed by atoms with Gasteiger partial charge in [0.1, 0.15) is 29.4 Å². The molecule has 0 spiro atoms. The molecular weight excluding hydrogens is 609 g/mol. The zero-order chi connectivity index (χ0) is 30.0. The van der Waals surface area contributed by atoms with Gasteiger partial charge in [0.15, 0.2) is 11.3 Å². The maximum Gasteiger partial charge on any atom is 0.172 e. The Bertz CT molecular complexity index is 2330. The molecule has 0 amide bonds. The molecule has 0 unspecified atom stereocenters. The number of ether oxygens (including phenoxy) is 1. The Hall–Kier alpha value is -4.43. The summed E-state index contributed by atoms with van der Waals surface area (Å²) >= 11 is 7.29. The largest absolute Gasteiger partial charge is 0.480 e. The predicted octanol–water partition coefficient (Wildman–Crippen LogP) is 10.2. The lowest BCUT2D eigenvalue weighted by atomic mass is 9.94. The van der Waals surface area contributed by atoms with E-state index in [0.29, 0.717) is 5.57 Å². The number of nitriles is 3. The highest BCUT2D eigenvalue weighted by atomic mass is 32.1. The molecule has 7 rings (SSSR count). The van der Waals surface area contributed by atoms with E-state index < -0.39 is 5.60 Å². The number of hydrogen-bond donors (Lipinski definition) is 0. The molecule has 4 aromatic heterocycles. The van der Waals surface area contributed by atoms with Crippen molar-refractivity contribution in [3.63, 3.8) is 0 Å². The van der Waals surface area contributed by atoms with Gasteiger partial charge in [0.2, 0.25) is 0 Å². The molecule has 5 heterocycles. The Labute approximate surface area is 264 Å². The fraction of sp³-hybridized carbons (Fsp3) is 0.147. The average Bonchev–Trinajstić information content (AvgIpc) is 3.77. The van der Waals surface area contributed by atoms with Gasteiger partial charge in [-0.1, -0.05) is 30.3 Å². The first-order valence-electron chi connectivity index (χ1n) is 13.4. The second kappa shape index (κ2) is 10.1. The first-order chi connectivity index (χ1) is 20.7. The van der Waals surface area contributed by atoms with Crippen LogP contribution in [0.3, 0.4) is 0 Å². The molecule has 0 radical (unpaired) electrons. The number of nitrogens with zero attached hydrogens (tertiary/aromatic N) is 4. The molecule has 0 fully saturated rings. The summed E-state index contributed by atoms with van der Waals surface area (Å²) in [5.74, 6) is 0.0598. The van der Waals surface area contributed by atoms with Crippen molar-refractivity contribution in [2.75, 3.05) is 19.0 Å². The van der Waals surface area contributed by atoms with Crippen LogP contribution in [0.5, 0.6) is 0 Å². The van der Waals surface area contributed by atoms with Crippen molar-refractivity contribution in [3.05, 3.63) is 82.0 Å². The maximum absolute atomic E-state index is 9.83. The summed E-state index contributed by atoms with van der Waals surface area (Å²) in [4.78, 5) is 4.48. The molecule has 43 heavy (non-hydrogen) atoms. The molecule has 0 bridgehead atoms. The smallest absolute Gasteiger partial charge is 0.172 e. The van der Waals surface area contributed by atoms with Crippen LogP contribution in [0, 0.1) is 34.0 Å². The molecule has 2 aromatic carbocycles. The summed E-state index contributed by atoms with van der Waals surface area (Å²) in [7, 11) is 4.12. The van der Waals surface area contributed by atoms with E-state index in [4.69, 9.17) is 4.74 Å². The van der Waals surface area contributed by atoms with Crippen LogP contribution in [0.1, 0.15) is 18.7 Å². The molecule has 0 saturated heterocycles. The molecule has 0 saturated carbocycles. The van der Waals surface area contributed by atoms with Gasteiger partial charge in [-0.25, -0.2) is 0 Å². The summed E-state index contributed by atoms with van der Waals surface area (Å²) in [5.41, 5.74) is 2.32. The summed E-state index contributed by atoms with van der Waals surface area (Å²) in [6, 6.07) is 23.6. The third kappa shape index (κ3) is 4.35. The van der Waals surface area contributed by atoms with Gasteiger partial charge >= 0.3 is 0 Å². The normalized spacial score (nSPS) is 14.6.